The molecule has 0 radical (unpaired) electrons. The van der Waals surface area contributed by atoms with Crippen molar-refractivity contribution in [2.24, 2.45) is 21.4 Å². The quantitative estimate of drug-likeness (QED) is 0.471. The molecule has 24 heavy (non-hydrogen) atoms. The Bertz CT molecular complexity index is 619. The summed E-state index contributed by atoms with van der Waals surface area (Å²) in [5, 5.41) is 3.88. The molecular formula is C17H25BrN4O2. The number of hydrogen-bond donors (Lipinski definition) is 1. The molecule has 1 saturated heterocycles. The first-order valence-corrected chi connectivity index (χ1v) is 8.60. The highest BCUT2D eigenvalue weighted by Gasteiger charge is 2.27. The maximum atomic E-state index is 5.67. The highest BCUT2D eigenvalue weighted by Crippen LogP contribution is 2.24. The van der Waals surface area contributed by atoms with E-state index < -0.39 is 0 Å². The number of nitrogens with zero attached hydrogens (tertiary/aromatic N) is 3. The number of halogens is 1. The summed E-state index contributed by atoms with van der Waals surface area (Å²) in [6, 6.07) is 5.94. The van der Waals surface area contributed by atoms with Gasteiger partial charge >= 0.3 is 0 Å². The zero-order valence-electron chi connectivity index (χ0n) is 14.6. The summed E-state index contributed by atoms with van der Waals surface area (Å²) in [6.07, 6.45) is 1.36. The van der Waals surface area contributed by atoms with Crippen molar-refractivity contribution in [3.8, 4) is 0 Å². The van der Waals surface area contributed by atoms with Crippen LogP contribution < -0.4 is 10.7 Å². The van der Waals surface area contributed by atoms with Crippen molar-refractivity contribution in [2.75, 3.05) is 38.8 Å². The van der Waals surface area contributed by atoms with Crippen molar-refractivity contribution in [1.29, 1.82) is 0 Å². The van der Waals surface area contributed by atoms with Crippen LogP contribution in [0, 0.1) is 5.41 Å². The van der Waals surface area contributed by atoms with E-state index in [0.717, 1.165) is 15.7 Å². The summed E-state index contributed by atoms with van der Waals surface area (Å²) in [5.74, 6) is 5.57. The van der Waals surface area contributed by atoms with Crippen molar-refractivity contribution in [3.63, 3.8) is 0 Å². The number of hydrazone groups is 1. The molecule has 1 aromatic rings. The highest BCUT2D eigenvalue weighted by molar-refractivity contribution is 9.10. The Morgan fingerprint density at radius 3 is 2.62 bits per heavy atom. The average molecular weight is 397 g/mol. The molecule has 0 unspecified atom stereocenters. The minimum Gasteiger partial charge on any atom is -0.377 e. The van der Waals surface area contributed by atoms with Crippen molar-refractivity contribution in [1.82, 2.24) is 0 Å². The van der Waals surface area contributed by atoms with Gasteiger partial charge in [0.15, 0.2) is 6.29 Å². The first kappa shape index (κ1) is 18.9. The Labute approximate surface area is 151 Å². The minimum absolute atomic E-state index is 0.0577. The van der Waals surface area contributed by atoms with Crippen LogP contribution in [0.3, 0.4) is 0 Å². The van der Waals surface area contributed by atoms with Gasteiger partial charge in [-0.3, -0.25) is 4.99 Å². The monoisotopic (exact) mass is 396 g/mol. The summed E-state index contributed by atoms with van der Waals surface area (Å²) in [5.41, 5.74) is 2.60. The standard InChI is InChI=1S/C17H25BrN4O2/c1-17(2)10-23-16(24-11-17)9-20-8-14(21-19)13-6-5-12(18)7-15(13)22(3)4/h5-8,16H,9-11,19H2,1-4H3/b20-8?,21-14+. The topological polar surface area (TPSA) is 72.4 Å². The number of benzene rings is 1. The SMILES string of the molecule is CN(C)c1cc(Br)ccc1/C(C=NCC1OCC(C)(C)CO1)=N/N. The number of hydrogen-bond acceptors (Lipinski definition) is 6. The predicted octanol–water partition coefficient (Wildman–Crippen LogP) is 2.65. The first-order chi connectivity index (χ1) is 11.3. The van der Waals surface area contributed by atoms with Gasteiger partial charge in [-0.1, -0.05) is 29.8 Å². The molecule has 1 aromatic carbocycles. The van der Waals surface area contributed by atoms with Crippen LogP contribution in [0.4, 0.5) is 5.69 Å². The summed E-state index contributed by atoms with van der Waals surface area (Å²) < 4.78 is 12.3. The van der Waals surface area contributed by atoms with E-state index in [1.54, 1.807) is 6.21 Å². The third-order valence-electron chi connectivity index (χ3n) is 3.64. The fourth-order valence-corrected chi connectivity index (χ4v) is 2.67. The molecule has 1 aliphatic rings. The number of anilines is 1. The van der Waals surface area contributed by atoms with E-state index >= 15 is 0 Å². The predicted molar refractivity (Wildman–Crippen MR) is 102 cm³/mol. The lowest BCUT2D eigenvalue weighted by molar-refractivity contribution is -0.215. The van der Waals surface area contributed by atoms with Crippen LogP contribution in [0.2, 0.25) is 0 Å². The molecule has 0 amide bonds. The number of ether oxygens (including phenoxy) is 2. The number of rotatable bonds is 5. The lowest BCUT2D eigenvalue weighted by Crippen LogP contribution is -2.39. The zero-order valence-corrected chi connectivity index (χ0v) is 16.2. The lowest BCUT2D eigenvalue weighted by Gasteiger charge is -2.33. The van der Waals surface area contributed by atoms with E-state index in [0.29, 0.717) is 25.5 Å². The van der Waals surface area contributed by atoms with Gasteiger partial charge in [-0.2, -0.15) is 5.10 Å². The molecule has 132 valence electrons. The average Bonchev–Trinajstić information content (AvgIpc) is 2.53. The fourth-order valence-electron chi connectivity index (χ4n) is 2.32. The molecule has 0 saturated carbocycles. The summed E-state index contributed by atoms with van der Waals surface area (Å²) in [4.78, 5) is 6.41. The van der Waals surface area contributed by atoms with Crippen molar-refractivity contribution < 1.29 is 9.47 Å². The molecule has 7 heteroatoms. The zero-order chi connectivity index (χ0) is 17.7. The van der Waals surface area contributed by atoms with Crippen LogP contribution in [0.5, 0.6) is 0 Å². The van der Waals surface area contributed by atoms with E-state index in [1.807, 2.05) is 37.2 Å². The molecule has 1 heterocycles. The van der Waals surface area contributed by atoms with Crippen LogP contribution in [0.25, 0.3) is 0 Å². The molecule has 0 bridgehead atoms. The molecular weight excluding hydrogens is 372 g/mol. The lowest BCUT2D eigenvalue weighted by atomic mass is 9.96. The summed E-state index contributed by atoms with van der Waals surface area (Å²) in [7, 11) is 3.95. The van der Waals surface area contributed by atoms with Crippen LogP contribution >= 0.6 is 15.9 Å². The van der Waals surface area contributed by atoms with Gasteiger partial charge in [0.25, 0.3) is 0 Å². The highest BCUT2D eigenvalue weighted by atomic mass is 79.9. The molecule has 2 N–H and O–H groups in total. The molecule has 0 aliphatic carbocycles. The third-order valence-corrected chi connectivity index (χ3v) is 4.14. The van der Waals surface area contributed by atoms with E-state index in [9.17, 15) is 0 Å². The number of aliphatic imine (C=N–C) groups is 1. The Balaban J connectivity index is 2.05. The van der Waals surface area contributed by atoms with Gasteiger partial charge < -0.3 is 20.2 Å². The molecule has 0 aromatic heterocycles. The Morgan fingerprint density at radius 2 is 2.04 bits per heavy atom. The molecule has 1 aliphatic heterocycles. The van der Waals surface area contributed by atoms with Gasteiger partial charge in [-0.25, -0.2) is 0 Å². The van der Waals surface area contributed by atoms with E-state index in [2.05, 4.69) is 39.9 Å². The number of nitrogens with two attached hydrogens (primary N) is 1. The van der Waals surface area contributed by atoms with Crippen molar-refractivity contribution in [2.45, 2.75) is 20.1 Å². The molecule has 2 rings (SSSR count). The van der Waals surface area contributed by atoms with E-state index in [4.69, 9.17) is 15.3 Å². The second kappa shape index (κ2) is 8.09. The van der Waals surface area contributed by atoms with Crippen LogP contribution in [-0.4, -0.2) is 52.1 Å². The van der Waals surface area contributed by atoms with Crippen molar-refractivity contribution in [3.05, 3.63) is 28.2 Å². The smallest absolute Gasteiger partial charge is 0.176 e. The van der Waals surface area contributed by atoms with Gasteiger partial charge in [-0.15, -0.1) is 0 Å². The molecule has 1 fully saturated rings. The van der Waals surface area contributed by atoms with Gasteiger partial charge in [0, 0.05) is 41.4 Å². The molecule has 0 spiro atoms. The maximum Gasteiger partial charge on any atom is 0.176 e. The normalized spacial score (nSPS) is 19.0. The third kappa shape index (κ3) is 5.03. The summed E-state index contributed by atoms with van der Waals surface area (Å²) in [6.45, 7) is 5.98. The van der Waals surface area contributed by atoms with Gasteiger partial charge in [0.2, 0.25) is 0 Å². The van der Waals surface area contributed by atoms with Gasteiger partial charge in [0.05, 0.1) is 19.8 Å². The summed E-state index contributed by atoms with van der Waals surface area (Å²) >= 11 is 3.49. The van der Waals surface area contributed by atoms with Crippen LogP contribution in [0.15, 0.2) is 32.8 Å². The second-order valence-electron chi connectivity index (χ2n) is 6.78. The molecule has 0 atom stereocenters. The Hall–Kier alpha value is -1.44. The van der Waals surface area contributed by atoms with Crippen LogP contribution in [0.1, 0.15) is 19.4 Å². The van der Waals surface area contributed by atoms with Gasteiger partial charge in [0.1, 0.15) is 5.71 Å². The van der Waals surface area contributed by atoms with Gasteiger partial charge in [-0.05, 0) is 18.2 Å². The Morgan fingerprint density at radius 1 is 1.38 bits per heavy atom. The van der Waals surface area contributed by atoms with E-state index in [1.165, 1.54) is 0 Å². The molecule has 6 nitrogen and oxygen atoms in total. The second-order valence-corrected chi connectivity index (χ2v) is 7.70. The van der Waals surface area contributed by atoms with Crippen molar-refractivity contribution >= 4 is 33.5 Å². The fraction of sp³-hybridized carbons (Fsp3) is 0.529. The van der Waals surface area contributed by atoms with E-state index in [-0.39, 0.29) is 11.7 Å². The Kier molecular flexibility index (Phi) is 6.37. The largest absolute Gasteiger partial charge is 0.377 e. The maximum absolute atomic E-state index is 5.67. The minimum atomic E-state index is -0.313. The van der Waals surface area contributed by atoms with Crippen LogP contribution in [-0.2, 0) is 9.47 Å². The first-order valence-electron chi connectivity index (χ1n) is 7.80.